The number of aryl methyl sites for hydroxylation is 1. The standard InChI is InChI=1S/C14H21FN2O2S/c1-9-7-12(8-13(16)14(9)15)20(18,19)17-10(2)5-4-6-11(17)3/h7-8,10-11H,4-6,16H2,1-3H3. The zero-order valence-electron chi connectivity index (χ0n) is 12.1. The van der Waals surface area contributed by atoms with Crippen LogP contribution in [0.3, 0.4) is 0 Å². The second-order valence-corrected chi connectivity index (χ2v) is 7.45. The highest BCUT2D eigenvalue weighted by Gasteiger charge is 2.36. The molecule has 20 heavy (non-hydrogen) atoms. The molecule has 2 atom stereocenters. The van der Waals surface area contributed by atoms with Crippen molar-refractivity contribution in [3.63, 3.8) is 0 Å². The van der Waals surface area contributed by atoms with Gasteiger partial charge in [-0.2, -0.15) is 4.31 Å². The SMILES string of the molecule is Cc1cc(S(=O)(=O)N2C(C)CCCC2C)cc(N)c1F. The van der Waals surface area contributed by atoms with Gasteiger partial charge in [0.15, 0.2) is 0 Å². The lowest BCUT2D eigenvalue weighted by Gasteiger charge is -2.37. The summed E-state index contributed by atoms with van der Waals surface area (Å²) < 4.78 is 40.6. The third-order valence-corrected chi connectivity index (χ3v) is 6.05. The molecule has 0 aliphatic carbocycles. The normalized spacial score (nSPS) is 24.8. The van der Waals surface area contributed by atoms with Crippen LogP contribution in [0, 0.1) is 12.7 Å². The molecule has 1 fully saturated rings. The maximum atomic E-state index is 13.6. The molecule has 6 heteroatoms. The summed E-state index contributed by atoms with van der Waals surface area (Å²) in [6.07, 6.45) is 2.72. The monoisotopic (exact) mass is 300 g/mol. The van der Waals surface area contributed by atoms with Crippen molar-refractivity contribution in [2.75, 3.05) is 5.73 Å². The molecule has 1 aromatic rings. The quantitative estimate of drug-likeness (QED) is 0.854. The Balaban J connectivity index is 2.49. The molecular formula is C14H21FN2O2S. The highest BCUT2D eigenvalue weighted by Crippen LogP contribution is 2.31. The Kier molecular flexibility index (Phi) is 4.07. The zero-order chi connectivity index (χ0) is 15.1. The molecule has 2 unspecified atom stereocenters. The molecule has 1 aromatic carbocycles. The van der Waals surface area contributed by atoms with Gasteiger partial charge < -0.3 is 5.73 Å². The maximum Gasteiger partial charge on any atom is 0.243 e. The molecule has 0 saturated carbocycles. The smallest absolute Gasteiger partial charge is 0.243 e. The molecule has 0 aromatic heterocycles. The highest BCUT2D eigenvalue weighted by molar-refractivity contribution is 7.89. The molecule has 1 heterocycles. The molecular weight excluding hydrogens is 279 g/mol. The van der Waals surface area contributed by atoms with Gasteiger partial charge in [-0.05, 0) is 51.3 Å². The maximum absolute atomic E-state index is 13.6. The molecule has 2 rings (SSSR count). The van der Waals surface area contributed by atoms with E-state index in [9.17, 15) is 12.8 Å². The third-order valence-electron chi connectivity index (χ3n) is 3.94. The Labute approximate surface area is 119 Å². The predicted octanol–water partition coefficient (Wildman–Crippen LogP) is 2.67. The van der Waals surface area contributed by atoms with Crippen molar-refractivity contribution in [2.45, 2.75) is 57.0 Å². The van der Waals surface area contributed by atoms with Gasteiger partial charge in [0.05, 0.1) is 10.6 Å². The van der Waals surface area contributed by atoms with E-state index in [1.165, 1.54) is 23.4 Å². The minimum atomic E-state index is -3.64. The number of halogens is 1. The van der Waals surface area contributed by atoms with E-state index in [0.29, 0.717) is 0 Å². The lowest BCUT2D eigenvalue weighted by molar-refractivity contribution is 0.204. The molecule has 0 amide bonds. The largest absolute Gasteiger partial charge is 0.396 e. The molecule has 4 nitrogen and oxygen atoms in total. The van der Waals surface area contributed by atoms with Crippen molar-refractivity contribution < 1.29 is 12.8 Å². The van der Waals surface area contributed by atoms with Crippen LogP contribution < -0.4 is 5.73 Å². The fourth-order valence-electron chi connectivity index (χ4n) is 2.90. The van der Waals surface area contributed by atoms with Crippen LogP contribution in [-0.2, 0) is 10.0 Å². The van der Waals surface area contributed by atoms with Crippen LogP contribution in [0.4, 0.5) is 10.1 Å². The minimum absolute atomic E-state index is 0.0460. The van der Waals surface area contributed by atoms with Crippen LogP contribution in [-0.4, -0.2) is 24.8 Å². The number of anilines is 1. The number of benzene rings is 1. The number of rotatable bonds is 2. The lowest BCUT2D eigenvalue weighted by atomic mass is 10.0. The molecule has 0 bridgehead atoms. The molecule has 112 valence electrons. The van der Waals surface area contributed by atoms with Gasteiger partial charge in [-0.15, -0.1) is 0 Å². The van der Waals surface area contributed by atoms with Gasteiger partial charge in [0, 0.05) is 12.1 Å². The number of sulfonamides is 1. The van der Waals surface area contributed by atoms with Gasteiger partial charge >= 0.3 is 0 Å². The first-order valence-corrected chi connectivity index (χ1v) is 8.28. The van der Waals surface area contributed by atoms with Crippen molar-refractivity contribution >= 4 is 15.7 Å². The van der Waals surface area contributed by atoms with E-state index in [1.54, 1.807) is 0 Å². The van der Waals surface area contributed by atoms with E-state index < -0.39 is 15.8 Å². The fourth-order valence-corrected chi connectivity index (χ4v) is 4.91. The second-order valence-electron chi connectivity index (χ2n) is 5.61. The van der Waals surface area contributed by atoms with E-state index in [1.807, 2.05) is 13.8 Å². The van der Waals surface area contributed by atoms with Crippen LogP contribution >= 0.6 is 0 Å². The van der Waals surface area contributed by atoms with E-state index >= 15 is 0 Å². The molecule has 0 spiro atoms. The summed E-state index contributed by atoms with van der Waals surface area (Å²) in [4.78, 5) is 0.0782. The Hall–Kier alpha value is -1.14. The average Bonchev–Trinajstić information content (AvgIpc) is 2.34. The van der Waals surface area contributed by atoms with E-state index in [2.05, 4.69) is 0 Å². The van der Waals surface area contributed by atoms with E-state index in [4.69, 9.17) is 5.73 Å². The first-order valence-electron chi connectivity index (χ1n) is 6.84. The van der Waals surface area contributed by atoms with Crippen LogP contribution in [0.5, 0.6) is 0 Å². The second kappa shape index (κ2) is 5.33. The molecule has 1 aliphatic heterocycles. The van der Waals surface area contributed by atoms with Gasteiger partial charge in [-0.25, -0.2) is 12.8 Å². The van der Waals surface area contributed by atoms with Crippen molar-refractivity contribution in [2.24, 2.45) is 0 Å². The van der Waals surface area contributed by atoms with Gasteiger partial charge in [0.2, 0.25) is 10.0 Å². The number of nitrogen functional groups attached to an aromatic ring is 1. The van der Waals surface area contributed by atoms with Crippen LogP contribution in [0.2, 0.25) is 0 Å². The van der Waals surface area contributed by atoms with E-state index in [0.717, 1.165) is 19.3 Å². The van der Waals surface area contributed by atoms with Crippen molar-refractivity contribution in [3.05, 3.63) is 23.5 Å². The summed E-state index contributed by atoms with van der Waals surface area (Å²) in [6.45, 7) is 5.34. The molecule has 2 N–H and O–H groups in total. The number of nitrogens with two attached hydrogens (primary N) is 1. The first-order chi connectivity index (χ1) is 9.25. The number of hydrogen-bond acceptors (Lipinski definition) is 3. The summed E-state index contributed by atoms with van der Waals surface area (Å²) in [6, 6.07) is 2.48. The molecule has 0 radical (unpaired) electrons. The Morgan fingerprint density at radius 1 is 1.25 bits per heavy atom. The number of piperidine rings is 1. The van der Waals surface area contributed by atoms with Gasteiger partial charge in [-0.3, -0.25) is 0 Å². The minimum Gasteiger partial charge on any atom is -0.396 e. The zero-order valence-corrected chi connectivity index (χ0v) is 12.9. The summed E-state index contributed by atoms with van der Waals surface area (Å²) in [5.41, 5.74) is 5.69. The van der Waals surface area contributed by atoms with Crippen molar-refractivity contribution in [1.29, 1.82) is 0 Å². The lowest BCUT2D eigenvalue weighted by Crippen LogP contribution is -2.47. The first kappa shape index (κ1) is 15.3. The number of nitrogens with zero attached hydrogens (tertiary/aromatic N) is 1. The Bertz CT molecular complexity index is 583. The topological polar surface area (TPSA) is 63.4 Å². The summed E-state index contributed by atoms with van der Waals surface area (Å²) in [7, 11) is -3.64. The van der Waals surface area contributed by atoms with Crippen LogP contribution in [0.1, 0.15) is 38.7 Å². The third kappa shape index (κ3) is 2.54. The summed E-state index contributed by atoms with van der Waals surface area (Å²) >= 11 is 0. The van der Waals surface area contributed by atoms with Crippen molar-refractivity contribution in [3.8, 4) is 0 Å². The van der Waals surface area contributed by atoms with Gasteiger partial charge in [-0.1, -0.05) is 6.42 Å². The van der Waals surface area contributed by atoms with Crippen LogP contribution in [0.15, 0.2) is 17.0 Å². The highest BCUT2D eigenvalue weighted by atomic mass is 32.2. The molecule has 1 aliphatic rings. The summed E-state index contributed by atoms with van der Waals surface area (Å²) in [5, 5.41) is 0. The van der Waals surface area contributed by atoms with Crippen molar-refractivity contribution in [1.82, 2.24) is 4.31 Å². The predicted molar refractivity (Wildman–Crippen MR) is 77.3 cm³/mol. The molecule has 1 saturated heterocycles. The average molecular weight is 300 g/mol. The van der Waals surface area contributed by atoms with Gasteiger partial charge in [0.1, 0.15) is 5.82 Å². The summed E-state index contributed by atoms with van der Waals surface area (Å²) in [5.74, 6) is -0.552. The number of hydrogen-bond donors (Lipinski definition) is 1. The fraction of sp³-hybridized carbons (Fsp3) is 0.571. The Morgan fingerprint density at radius 3 is 2.30 bits per heavy atom. The van der Waals surface area contributed by atoms with Crippen LogP contribution in [0.25, 0.3) is 0 Å². The van der Waals surface area contributed by atoms with E-state index in [-0.39, 0.29) is 28.2 Å². The Morgan fingerprint density at radius 2 is 1.80 bits per heavy atom. The van der Waals surface area contributed by atoms with Gasteiger partial charge in [0.25, 0.3) is 0 Å².